The quantitative estimate of drug-likeness (QED) is 0.677. The molecular weight excluding hydrogens is 407 g/mol. The summed E-state index contributed by atoms with van der Waals surface area (Å²) < 4.78 is 38.5. The van der Waals surface area contributed by atoms with E-state index in [0.29, 0.717) is 44.1 Å². The predicted molar refractivity (Wildman–Crippen MR) is 103 cm³/mol. The van der Waals surface area contributed by atoms with Gasteiger partial charge < -0.3 is 9.80 Å². The minimum atomic E-state index is -4.50. The molecule has 1 saturated heterocycles. The predicted octanol–water partition coefficient (Wildman–Crippen LogP) is 3.98. The molecule has 3 aromatic rings. The minimum absolute atomic E-state index is 0.0575. The van der Waals surface area contributed by atoms with Crippen LogP contribution in [-0.2, 0) is 6.18 Å². The lowest BCUT2D eigenvalue weighted by molar-refractivity contribution is -0.137. The van der Waals surface area contributed by atoms with Gasteiger partial charge in [0.05, 0.1) is 16.1 Å². The molecule has 1 aliphatic heterocycles. The highest BCUT2D eigenvalue weighted by Gasteiger charge is 2.32. The zero-order valence-electron chi connectivity index (χ0n) is 15.2. The molecule has 10 heteroatoms. The van der Waals surface area contributed by atoms with E-state index in [1.165, 1.54) is 0 Å². The molecule has 0 spiro atoms. The zero-order valence-corrected chi connectivity index (χ0v) is 16.0. The highest BCUT2D eigenvalue weighted by atomic mass is 35.5. The Morgan fingerprint density at radius 2 is 1.93 bits per heavy atom. The van der Waals surface area contributed by atoms with Crippen LogP contribution in [0.1, 0.15) is 22.5 Å². The third-order valence-electron chi connectivity index (χ3n) is 4.90. The lowest BCUT2D eigenvalue weighted by atomic mass is 10.2. The van der Waals surface area contributed by atoms with E-state index in [1.54, 1.807) is 9.80 Å². The summed E-state index contributed by atoms with van der Waals surface area (Å²) in [7, 11) is 0. The first-order valence-corrected chi connectivity index (χ1v) is 9.42. The number of anilines is 1. The Balaban J connectivity index is 1.50. The SMILES string of the molecule is O=C(c1n[nH]c2ccccc12)N1CCCN(c2ncc(C(F)(F)F)cc2Cl)CC1. The number of aromatic nitrogens is 3. The van der Waals surface area contributed by atoms with Gasteiger partial charge in [0.25, 0.3) is 5.91 Å². The third kappa shape index (κ3) is 3.87. The zero-order chi connectivity index (χ0) is 20.6. The molecule has 0 saturated carbocycles. The summed E-state index contributed by atoms with van der Waals surface area (Å²) in [5.41, 5.74) is 0.260. The monoisotopic (exact) mass is 423 g/mol. The summed E-state index contributed by atoms with van der Waals surface area (Å²) in [4.78, 5) is 20.4. The van der Waals surface area contributed by atoms with E-state index in [2.05, 4.69) is 15.2 Å². The van der Waals surface area contributed by atoms with Gasteiger partial charge in [0.1, 0.15) is 5.82 Å². The van der Waals surface area contributed by atoms with E-state index >= 15 is 0 Å². The number of nitrogens with one attached hydrogen (secondary N) is 1. The fraction of sp³-hybridized carbons (Fsp3) is 0.316. The smallest absolute Gasteiger partial charge is 0.354 e. The molecule has 0 radical (unpaired) electrons. The maximum Gasteiger partial charge on any atom is 0.417 e. The van der Waals surface area contributed by atoms with E-state index in [9.17, 15) is 18.0 Å². The van der Waals surface area contributed by atoms with Crippen molar-refractivity contribution in [3.05, 3.63) is 52.8 Å². The van der Waals surface area contributed by atoms with Crippen LogP contribution >= 0.6 is 11.6 Å². The molecule has 6 nitrogen and oxygen atoms in total. The molecule has 2 aromatic heterocycles. The molecule has 0 unspecified atom stereocenters. The first kappa shape index (κ1) is 19.5. The maximum atomic E-state index is 13.0. The first-order valence-electron chi connectivity index (χ1n) is 9.04. The van der Waals surface area contributed by atoms with Gasteiger partial charge in [-0.3, -0.25) is 9.89 Å². The van der Waals surface area contributed by atoms with E-state index in [-0.39, 0.29) is 10.9 Å². The van der Waals surface area contributed by atoms with Crippen LogP contribution in [0, 0.1) is 0 Å². The summed E-state index contributed by atoms with van der Waals surface area (Å²) in [5.74, 6) is 0.106. The number of amides is 1. The summed E-state index contributed by atoms with van der Waals surface area (Å²) in [6.45, 7) is 1.84. The van der Waals surface area contributed by atoms with Crippen LogP contribution < -0.4 is 4.90 Å². The molecule has 1 aromatic carbocycles. The van der Waals surface area contributed by atoms with Crippen molar-refractivity contribution in [3.63, 3.8) is 0 Å². The van der Waals surface area contributed by atoms with Gasteiger partial charge in [0.15, 0.2) is 5.69 Å². The van der Waals surface area contributed by atoms with E-state index < -0.39 is 11.7 Å². The van der Waals surface area contributed by atoms with Crippen molar-refractivity contribution in [2.45, 2.75) is 12.6 Å². The van der Waals surface area contributed by atoms with Crippen LogP contribution in [-0.4, -0.2) is 52.2 Å². The topological polar surface area (TPSA) is 65.1 Å². The maximum absolute atomic E-state index is 13.0. The summed E-state index contributed by atoms with van der Waals surface area (Å²) in [6.07, 6.45) is -3.08. The molecule has 1 fully saturated rings. The fourth-order valence-electron chi connectivity index (χ4n) is 3.43. The Bertz CT molecular complexity index is 1050. The van der Waals surface area contributed by atoms with E-state index in [4.69, 9.17) is 11.6 Å². The number of alkyl halides is 3. The van der Waals surface area contributed by atoms with Crippen molar-refractivity contribution in [2.75, 3.05) is 31.1 Å². The van der Waals surface area contributed by atoms with Gasteiger partial charge in [0, 0.05) is 37.8 Å². The van der Waals surface area contributed by atoms with Gasteiger partial charge in [0.2, 0.25) is 0 Å². The van der Waals surface area contributed by atoms with Crippen LogP contribution in [0.3, 0.4) is 0 Å². The highest BCUT2D eigenvalue weighted by molar-refractivity contribution is 6.33. The number of nitrogens with zero attached hydrogens (tertiary/aromatic N) is 4. The van der Waals surface area contributed by atoms with Crippen LogP contribution in [0.2, 0.25) is 5.02 Å². The number of H-pyrrole nitrogens is 1. The van der Waals surface area contributed by atoms with Crippen molar-refractivity contribution in [1.29, 1.82) is 0 Å². The van der Waals surface area contributed by atoms with Gasteiger partial charge in [-0.1, -0.05) is 29.8 Å². The van der Waals surface area contributed by atoms with Gasteiger partial charge in [-0.25, -0.2) is 4.98 Å². The Kier molecular flexibility index (Phi) is 5.08. The van der Waals surface area contributed by atoms with Gasteiger partial charge in [-0.15, -0.1) is 0 Å². The van der Waals surface area contributed by atoms with E-state index in [1.807, 2.05) is 24.3 Å². The molecule has 0 aliphatic carbocycles. The number of halogens is 4. The van der Waals surface area contributed by atoms with Crippen LogP contribution in [0.5, 0.6) is 0 Å². The Labute approximate surface area is 169 Å². The third-order valence-corrected chi connectivity index (χ3v) is 5.18. The summed E-state index contributed by atoms with van der Waals surface area (Å²) in [6, 6.07) is 8.27. The largest absolute Gasteiger partial charge is 0.417 e. The molecule has 3 heterocycles. The van der Waals surface area contributed by atoms with Gasteiger partial charge in [-0.05, 0) is 18.6 Å². The number of pyridine rings is 1. The summed E-state index contributed by atoms with van der Waals surface area (Å²) in [5, 5.41) is 7.71. The number of aromatic amines is 1. The second-order valence-electron chi connectivity index (χ2n) is 6.78. The number of benzene rings is 1. The van der Waals surface area contributed by atoms with Crippen molar-refractivity contribution < 1.29 is 18.0 Å². The lowest BCUT2D eigenvalue weighted by Gasteiger charge is -2.23. The van der Waals surface area contributed by atoms with Crippen molar-refractivity contribution in [1.82, 2.24) is 20.1 Å². The minimum Gasteiger partial charge on any atom is -0.354 e. The first-order chi connectivity index (χ1) is 13.8. The second-order valence-corrected chi connectivity index (χ2v) is 7.18. The molecule has 1 aliphatic rings. The lowest BCUT2D eigenvalue weighted by Crippen LogP contribution is -2.35. The fourth-order valence-corrected chi connectivity index (χ4v) is 3.71. The highest BCUT2D eigenvalue weighted by Crippen LogP contribution is 2.33. The normalized spacial score (nSPS) is 15.6. The Morgan fingerprint density at radius 3 is 2.69 bits per heavy atom. The van der Waals surface area contributed by atoms with Crippen molar-refractivity contribution >= 4 is 34.2 Å². The molecule has 0 atom stereocenters. The molecule has 152 valence electrons. The molecule has 4 rings (SSSR count). The van der Waals surface area contributed by atoms with Crippen molar-refractivity contribution in [2.24, 2.45) is 0 Å². The summed E-state index contributed by atoms with van der Waals surface area (Å²) >= 11 is 6.07. The average molecular weight is 424 g/mol. The molecular formula is C19H17ClF3N5O. The molecule has 1 N–H and O–H groups in total. The molecule has 29 heavy (non-hydrogen) atoms. The number of fused-ring (bicyclic) bond motifs is 1. The number of carbonyl (C=O) groups excluding carboxylic acids is 1. The van der Waals surface area contributed by atoms with Gasteiger partial charge in [-0.2, -0.15) is 18.3 Å². The van der Waals surface area contributed by atoms with Crippen LogP contribution in [0.4, 0.5) is 19.0 Å². The van der Waals surface area contributed by atoms with Crippen molar-refractivity contribution in [3.8, 4) is 0 Å². The molecule has 1 amide bonds. The standard InChI is InChI=1S/C19H17ClF3N5O/c20-14-10-12(19(21,22)23)11-24-17(14)27-6-3-7-28(9-8-27)18(29)16-13-4-1-2-5-15(13)25-26-16/h1-2,4-5,10-11H,3,6-9H2,(H,25,26). The number of carbonyl (C=O) groups is 1. The number of para-hydroxylation sites is 1. The van der Waals surface area contributed by atoms with Gasteiger partial charge >= 0.3 is 6.18 Å². The molecule has 0 bridgehead atoms. The Morgan fingerprint density at radius 1 is 1.14 bits per heavy atom. The number of hydrogen-bond donors (Lipinski definition) is 1. The van der Waals surface area contributed by atoms with E-state index in [0.717, 1.165) is 23.2 Å². The second kappa shape index (κ2) is 7.55. The van der Waals surface area contributed by atoms with Crippen LogP contribution in [0.15, 0.2) is 36.5 Å². The number of rotatable bonds is 2. The average Bonchev–Trinajstić information content (AvgIpc) is 2.96. The Hall–Kier alpha value is -2.81. The number of hydrogen-bond acceptors (Lipinski definition) is 4. The van der Waals surface area contributed by atoms with Crippen LogP contribution in [0.25, 0.3) is 10.9 Å².